The van der Waals surface area contributed by atoms with Crippen LogP contribution in [0.15, 0.2) is 42.5 Å². The van der Waals surface area contributed by atoms with Crippen molar-refractivity contribution >= 4 is 35.6 Å². The summed E-state index contributed by atoms with van der Waals surface area (Å²) in [4.78, 5) is 15.0. The van der Waals surface area contributed by atoms with Gasteiger partial charge in [0, 0.05) is 36.1 Å². The van der Waals surface area contributed by atoms with Gasteiger partial charge in [-0.05, 0) is 31.0 Å². The number of methoxy groups -OCH3 is 1. The molecule has 0 aromatic heterocycles. The molecule has 5 nitrogen and oxygen atoms in total. The summed E-state index contributed by atoms with van der Waals surface area (Å²) in [5.74, 6) is 0.691. The number of halogens is 2. The molecule has 2 aromatic carbocycles. The van der Waals surface area contributed by atoms with Crippen LogP contribution in [0.5, 0.6) is 5.75 Å². The summed E-state index contributed by atoms with van der Waals surface area (Å²) in [6, 6.07) is 13.5. The topological polar surface area (TPSA) is 67.6 Å². The predicted octanol–water partition coefficient (Wildman–Crippen LogP) is 3.83. The van der Waals surface area contributed by atoms with Crippen molar-refractivity contribution in [2.24, 2.45) is 5.73 Å². The SMILES string of the molecule is COc1cc(Cl)c(C)cc1NC(=O)C(C)N1C[C@@H](N)[C@H](c2ccccc2)C1.Cl. The van der Waals surface area contributed by atoms with E-state index in [-0.39, 0.29) is 36.3 Å². The lowest BCUT2D eigenvalue weighted by molar-refractivity contribution is -0.120. The summed E-state index contributed by atoms with van der Waals surface area (Å²) >= 11 is 6.14. The number of nitrogens with two attached hydrogens (primary N) is 1. The fourth-order valence-electron chi connectivity index (χ4n) is 3.56. The van der Waals surface area contributed by atoms with Crippen LogP contribution in [0.1, 0.15) is 24.0 Å². The molecule has 1 saturated heterocycles. The molecule has 7 heteroatoms. The molecular weight excluding hydrogens is 397 g/mol. The van der Waals surface area contributed by atoms with Crippen LogP contribution in [-0.2, 0) is 4.79 Å². The first-order valence-electron chi connectivity index (χ1n) is 9.10. The van der Waals surface area contributed by atoms with Crippen molar-refractivity contribution in [2.75, 3.05) is 25.5 Å². The van der Waals surface area contributed by atoms with E-state index in [2.05, 4.69) is 22.3 Å². The fourth-order valence-corrected chi connectivity index (χ4v) is 3.72. The third kappa shape index (κ3) is 4.78. The Bertz CT molecular complexity index is 817. The molecule has 3 atom stereocenters. The van der Waals surface area contributed by atoms with Gasteiger partial charge >= 0.3 is 0 Å². The number of carbonyl (C=O) groups is 1. The summed E-state index contributed by atoms with van der Waals surface area (Å²) in [5.41, 5.74) is 9.09. The molecule has 1 amide bonds. The van der Waals surface area contributed by atoms with Crippen molar-refractivity contribution in [1.82, 2.24) is 4.90 Å². The number of benzene rings is 2. The lowest BCUT2D eigenvalue weighted by Crippen LogP contribution is -2.41. The summed E-state index contributed by atoms with van der Waals surface area (Å²) in [6.07, 6.45) is 0. The average molecular weight is 424 g/mol. The minimum atomic E-state index is -0.301. The second-order valence-electron chi connectivity index (χ2n) is 7.10. The number of anilines is 1. The Morgan fingerprint density at radius 2 is 1.96 bits per heavy atom. The fraction of sp³-hybridized carbons (Fsp3) is 0.381. The number of nitrogens with zero attached hydrogens (tertiary/aromatic N) is 1. The minimum absolute atomic E-state index is 0. The molecule has 1 aliphatic rings. The number of hydrogen-bond donors (Lipinski definition) is 2. The Balaban J connectivity index is 0.00000280. The third-order valence-electron chi connectivity index (χ3n) is 5.29. The van der Waals surface area contributed by atoms with Crippen molar-refractivity contribution < 1.29 is 9.53 Å². The number of aryl methyl sites for hydroxylation is 1. The highest BCUT2D eigenvalue weighted by atomic mass is 35.5. The molecule has 0 aliphatic carbocycles. The molecule has 3 rings (SSSR count). The van der Waals surface area contributed by atoms with Gasteiger partial charge in [0.1, 0.15) is 5.75 Å². The summed E-state index contributed by atoms with van der Waals surface area (Å²) in [7, 11) is 1.56. The van der Waals surface area contributed by atoms with Crippen LogP contribution >= 0.6 is 24.0 Å². The molecule has 3 N–H and O–H groups in total. The molecule has 0 bridgehead atoms. The maximum atomic E-state index is 12.8. The number of likely N-dealkylation sites (tertiary alicyclic amines) is 1. The van der Waals surface area contributed by atoms with Gasteiger partial charge in [-0.15, -0.1) is 12.4 Å². The molecule has 1 aliphatic heterocycles. The van der Waals surface area contributed by atoms with Gasteiger partial charge in [0.2, 0.25) is 5.91 Å². The van der Waals surface area contributed by atoms with Crippen LogP contribution in [0, 0.1) is 6.92 Å². The highest BCUT2D eigenvalue weighted by Crippen LogP contribution is 2.32. The van der Waals surface area contributed by atoms with E-state index < -0.39 is 0 Å². The smallest absolute Gasteiger partial charge is 0.241 e. The van der Waals surface area contributed by atoms with Crippen molar-refractivity contribution in [3.8, 4) is 5.75 Å². The van der Waals surface area contributed by atoms with Crippen molar-refractivity contribution in [2.45, 2.75) is 31.8 Å². The standard InChI is InChI=1S/C21H26ClN3O2.ClH/c1-13-9-19(20(27-3)10-17(13)22)24-21(26)14(2)25-11-16(18(23)12-25)15-7-5-4-6-8-15;/h4-10,14,16,18H,11-12,23H2,1-3H3,(H,24,26);1H/t14?,16-,18+;/m0./s1. The highest BCUT2D eigenvalue weighted by Gasteiger charge is 2.35. The van der Waals surface area contributed by atoms with Gasteiger partial charge in [-0.3, -0.25) is 9.69 Å². The van der Waals surface area contributed by atoms with E-state index in [1.807, 2.05) is 38.1 Å². The molecule has 0 saturated carbocycles. The average Bonchev–Trinajstić information content (AvgIpc) is 3.06. The van der Waals surface area contributed by atoms with E-state index in [4.69, 9.17) is 22.1 Å². The zero-order valence-corrected chi connectivity index (χ0v) is 17.9. The van der Waals surface area contributed by atoms with Crippen molar-refractivity contribution in [1.29, 1.82) is 0 Å². The van der Waals surface area contributed by atoms with E-state index in [1.54, 1.807) is 13.2 Å². The molecule has 28 heavy (non-hydrogen) atoms. The van der Waals surface area contributed by atoms with E-state index in [9.17, 15) is 4.79 Å². The monoisotopic (exact) mass is 423 g/mol. The number of amides is 1. The molecule has 1 heterocycles. The van der Waals surface area contributed by atoms with Gasteiger partial charge in [-0.1, -0.05) is 41.9 Å². The van der Waals surface area contributed by atoms with Crippen LogP contribution in [-0.4, -0.2) is 43.1 Å². The van der Waals surface area contributed by atoms with Crippen LogP contribution < -0.4 is 15.8 Å². The number of nitrogens with one attached hydrogen (secondary N) is 1. The van der Waals surface area contributed by atoms with Gasteiger partial charge in [0.05, 0.1) is 18.8 Å². The largest absolute Gasteiger partial charge is 0.495 e. The first-order chi connectivity index (χ1) is 12.9. The second kappa shape index (κ2) is 9.61. The van der Waals surface area contributed by atoms with Gasteiger partial charge < -0.3 is 15.8 Å². The van der Waals surface area contributed by atoms with Crippen LogP contribution in [0.4, 0.5) is 5.69 Å². The normalized spacial score (nSPS) is 20.3. The molecule has 1 unspecified atom stereocenters. The highest BCUT2D eigenvalue weighted by molar-refractivity contribution is 6.31. The maximum absolute atomic E-state index is 12.8. The summed E-state index contributed by atoms with van der Waals surface area (Å²) in [5, 5.41) is 3.58. The van der Waals surface area contributed by atoms with E-state index >= 15 is 0 Å². The number of rotatable bonds is 5. The molecule has 0 radical (unpaired) electrons. The first-order valence-corrected chi connectivity index (χ1v) is 9.48. The quantitative estimate of drug-likeness (QED) is 0.766. The molecule has 1 fully saturated rings. The lowest BCUT2D eigenvalue weighted by atomic mass is 9.95. The Morgan fingerprint density at radius 1 is 1.29 bits per heavy atom. The van der Waals surface area contributed by atoms with Crippen LogP contribution in [0.25, 0.3) is 0 Å². The summed E-state index contributed by atoms with van der Waals surface area (Å²) in [6.45, 7) is 5.25. The number of carbonyl (C=O) groups excluding carboxylic acids is 1. The minimum Gasteiger partial charge on any atom is -0.495 e. The Labute approximate surface area is 177 Å². The third-order valence-corrected chi connectivity index (χ3v) is 5.69. The Morgan fingerprint density at radius 3 is 2.61 bits per heavy atom. The first kappa shape index (κ1) is 22.5. The number of hydrogen-bond acceptors (Lipinski definition) is 4. The lowest BCUT2D eigenvalue weighted by Gasteiger charge is -2.24. The van der Waals surface area contributed by atoms with Gasteiger partial charge in [0.15, 0.2) is 0 Å². The zero-order chi connectivity index (χ0) is 19.6. The zero-order valence-electron chi connectivity index (χ0n) is 16.3. The van der Waals surface area contributed by atoms with E-state index in [0.29, 0.717) is 23.0 Å². The van der Waals surface area contributed by atoms with E-state index in [0.717, 1.165) is 12.1 Å². The Hall–Kier alpha value is -1.79. The van der Waals surface area contributed by atoms with E-state index in [1.165, 1.54) is 5.56 Å². The van der Waals surface area contributed by atoms with Gasteiger partial charge in [0.25, 0.3) is 0 Å². The van der Waals surface area contributed by atoms with Crippen molar-refractivity contribution in [3.05, 3.63) is 58.6 Å². The molecule has 152 valence electrons. The van der Waals surface area contributed by atoms with Crippen LogP contribution in [0.3, 0.4) is 0 Å². The van der Waals surface area contributed by atoms with Gasteiger partial charge in [-0.2, -0.15) is 0 Å². The van der Waals surface area contributed by atoms with Crippen molar-refractivity contribution in [3.63, 3.8) is 0 Å². The molecule has 0 spiro atoms. The second-order valence-corrected chi connectivity index (χ2v) is 7.51. The van der Waals surface area contributed by atoms with Gasteiger partial charge in [-0.25, -0.2) is 0 Å². The van der Waals surface area contributed by atoms with Crippen LogP contribution in [0.2, 0.25) is 5.02 Å². The number of ether oxygens (including phenoxy) is 1. The summed E-state index contributed by atoms with van der Waals surface area (Å²) < 4.78 is 5.35. The molecular formula is C21H27Cl2N3O2. The maximum Gasteiger partial charge on any atom is 0.241 e. The predicted molar refractivity (Wildman–Crippen MR) is 117 cm³/mol. The molecule has 2 aromatic rings. The Kier molecular flexibility index (Phi) is 7.72.